The Morgan fingerprint density at radius 3 is 2.52 bits per heavy atom. The van der Waals surface area contributed by atoms with Crippen molar-refractivity contribution >= 4 is 17.3 Å². The first-order valence-electron chi connectivity index (χ1n) is 11.9. The summed E-state index contributed by atoms with van der Waals surface area (Å²) in [5.41, 5.74) is 6.27. The van der Waals surface area contributed by atoms with Gasteiger partial charge in [0.15, 0.2) is 5.11 Å². The Balaban J connectivity index is 1.55. The number of methoxy groups -OCH3 is 1. The molecule has 0 radical (unpaired) electrons. The summed E-state index contributed by atoms with van der Waals surface area (Å²) in [5.74, 6) is 0.865. The normalized spacial score (nSPS) is 20.9. The molecule has 2 aromatic heterocycles. The van der Waals surface area contributed by atoms with Crippen molar-refractivity contribution in [1.82, 2.24) is 19.8 Å². The number of hydrogen-bond acceptors (Lipinski definition) is 3. The van der Waals surface area contributed by atoms with Crippen LogP contribution in [0.2, 0.25) is 0 Å². The van der Waals surface area contributed by atoms with Gasteiger partial charge >= 0.3 is 0 Å². The van der Waals surface area contributed by atoms with Gasteiger partial charge in [-0.3, -0.25) is 4.98 Å². The molecule has 6 heteroatoms. The zero-order valence-electron chi connectivity index (χ0n) is 19.6. The number of ether oxygens (including phenoxy) is 1. The molecule has 5 rings (SSSR count). The Bertz CT molecular complexity index is 1120. The van der Waals surface area contributed by atoms with Gasteiger partial charge in [0.2, 0.25) is 0 Å². The topological polar surface area (TPSA) is 42.3 Å². The molecule has 1 aromatic carbocycles. The van der Waals surface area contributed by atoms with E-state index in [1.165, 1.54) is 48.2 Å². The highest BCUT2D eigenvalue weighted by atomic mass is 32.1. The van der Waals surface area contributed by atoms with Gasteiger partial charge in [-0.15, -0.1) is 0 Å². The van der Waals surface area contributed by atoms with Gasteiger partial charge < -0.3 is 19.5 Å². The van der Waals surface area contributed by atoms with Gasteiger partial charge in [-0.1, -0.05) is 31.0 Å². The minimum atomic E-state index is 0.00877. The van der Waals surface area contributed by atoms with Gasteiger partial charge in [-0.05, 0) is 80.4 Å². The van der Waals surface area contributed by atoms with E-state index in [-0.39, 0.29) is 12.1 Å². The summed E-state index contributed by atoms with van der Waals surface area (Å²) >= 11 is 5.89. The fourth-order valence-electron chi connectivity index (χ4n) is 5.67. The number of aryl methyl sites for hydroxylation is 1. The van der Waals surface area contributed by atoms with Crippen LogP contribution in [0, 0.1) is 13.8 Å². The van der Waals surface area contributed by atoms with Crippen molar-refractivity contribution in [3.8, 4) is 5.75 Å². The predicted octanol–water partition coefficient (Wildman–Crippen LogP) is 5.80. The predicted molar refractivity (Wildman–Crippen MR) is 135 cm³/mol. The molecule has 1 aliphatic carbocycles. The summed E-state index contributed by atoms with van der Waals surface area (Å²) in [5, 5.41) is 4.37. The lowest BCUT2D eigenvalue weighted by Crippen LogP contribution is -2.29. The van der Waals surface area contributed by atoms with Gasteiger partial charge in [-0.25, -0.2) is 0 Å². The van der Waals surface area contributed by atoms with Crippen LogP contribution < -0.4 is 10.1 Å². The molecule has 0 spiro atoms. The van der Waals surface area contributed by atoms with E-state index in [9.17, 15) is 0 Å². The van der Waals surface area contributed by atoms with Crippen LogP contribution in [0.15, 0.2) is 54.7 Å². The maximum atomic E-state index is 5.89. The largest absolute Gasteiger partial charge is 0.497 e. The van der Waals surface area contributed by atoms with Crippen LogP contribution in [0.25, 0.3) is 0 Å². The highest BCUT2D eigenvalue weighted by molar-refractivity contribution is 7.80. The van der Waals surface area contributed by atoms with Crippen molar-refractivity contribution in [2.75, 3.05) is 7.11 Å². The molecule has 5 nitrogen and oxygen atoms in total. The van der Waals surface area contributed by atoms with Gasteiger partial charge in [0.25, 0.3) is 0 Å². The lowest BCUT2D eigenvalue weighted by molar-refractivity contribution is 0.309. The molecule has 1 saturated carbocycles. The molecule has 2 atom stereocenters. The highest BCUT2D eigenvalue weighted by Gasteiger charge is 2.41. The summed E-state index contributed by atoms with van der Waals surface area (Å²) < 4.78 is 7.92. The van der Waals surface area contributed by atoms with Crippen LogP contribution in [0.3, 0.4) is 0 Å². The molecule has 172 valence electrons. The van der Waals surface area contributed by atoms with Crippen LogP contribution in [-0.4, -0.2) is 26.7 Å². The first kappa shape index (κ1) is 22.0. The number of hydrogen-bond donors (Lipinski definition) is 1. The Labute approximate surface area is 201 Å². The molecule has 1 N–H and O–H groups in total. The molecule has 0 bridgehead atoms. The summed E-state index contributed by atoms with van der Waals surface area (Å²) in [6.45, 7) is 5.26. The number of nitrogens with one attached hydrogen (secondary N) is 1. The molecule has 3 aromatic rings. The van der Waals surface area contributed by atoms with Crippen molar-refractivity contribution in [1.29, 1.82) is 0 Å². The second-order valence-electron chi connectivity index (χ2n) is 9.24. The molecule has 3 heterocycles. The molecular weight excluding hydrogens is 428 g/mol. The average molecular weight is 461 g/mol. The minimum Gasteiger partial charge on any atom is -0.497 e. The third kappa shape index (κ3) is 4.12. The molecule has 2 fully saturated rings. The van der Waals surface area contributed by atoms with E-state index in [1.807, 2.05) is 24.4 Å². The second-order valence-corrected chi connectivity index (χ2v) is 9.62. The smallest absolute Gasteiger partial charge is 0.170 e. The third-order valence-corrected chi connectivity index (χ3v) is 7.59. The van der Waals surface area contributed by atoms with Gasteiger partial charge in [0.05, 0.1) is 24.9 Å². The number of thiocarbonyl (C=S) groups is 1. The maximum Gasteiger partial charge on any atom is 0.170 e. The number of benzene rings is 1. The van der Waals surface area contributed by atoms with E-state index in [4.69, 9.17) is 21.9 Å². The fourth-order valence-corrected chi connectivity index (χ4v) is 5.97. The number of rotatable bonds is 6. The van der Waals surface area contributed by atoms with Crippen LogP contribution in [-0.2, 0) is 6.54 Å². The maximum absolute atomic E-state index is 5.89. The first-order valence-corrected chi connectivity index (χ1v) is 12.3. The highest BCUT2D eigenvalue weighted by Crippen LogP contribution is 2.43. The van der Waals surface area contributed by atoms with E-state index >= 15 is 0 Å². The van der Waals surface area contributed by atoms with Gasteiger partial charge in [0.1, 0.15) is 5.75 Å². The number of nitrogens with zero attached hydrogens (tertiary/aromatic N) is 3. The molecule has 1 aliphatic heterocycles. The number of pyridine rings is 1. The lowest BCUT2D eigenvalue weighted by atomic mass is 9.96. The van der Waals surface area contributed by atoms with Crippen molar-refractivity contribution < 1.29 is 4.74 Å². The average Bonchev–Trinajstić information content (AvgIpc) is 3.54. The summed E-state index contributed by atoms with van der Waals surface area (Å²) in [7, 11) is 1.70. The Morgan fingerprint density at radius 1 is 1.09 bits per heavy atom. The fraction of sp³-hybridized carbons (Fsp3) is 0.407. The summed E-state index contributed by atoms with van der Waals surface area (Å²) in [6.07, 6.45) is 7.07. The lowest BCUT2D eigenvalue weighted by Gasteiger charge is -2.28. The standard InChI is InChI=1S/C27H32N4OS/c1-18-16-23(19(2)31(18)21-8-4-5-9-21)26-25(24-10-6-7-15-28-24)29-27(33)30(26)17-20-11-13-22(32-3)14-12-20/h6-7,10-16,21,25-26H,4-5,8-9,17H2,1-3H3,(H,29,33)/t25-,26-/m1/s1. The summed E-state index contributed by atoms with van der Waals surface area (Å²) in [4.78, 5) is 7.03. The van der Waals surface area contributed by atoms with Crippen LogP contribution in [0.5, 0.6) is 5.75 Å². The monoisotopic (exact) mass is 460 g/mol. The van der Waals surface area contributed by atoms with Crippen molar-refractivity contribution in [3.63, 3.8) is 0 Å². The molecule has 2 aliphatic rings. The van der Waals surface area contributed by atoms with Crippen molar-refractivity contribution in [3.05, 3.63) is 82.9 Å². The molecular formula is C27H32N4OS. The van der Waals surface area contributed by atoms with Crippen molar-refractivity contribution in [2.24, 2.45) is 0 Å². The molecule has 33 heavy (non-hydrogen) atoms. The second kappa shape index (κ2) is 9.18. The van der Waals surface area contributed by atoms with E-state index in [0.29, 0.717) is 6.04 Å². The van der Waals surface area contributed by atoms with Crippen molar-refractivity contribution in [2.45, 2.75) is 64.2 Å². The third-order valence-electron chi connectivity index (χ3n) is 7.24. The van der Waals surface area contributed by atoms with E-state index in [0.717, 1.165) is 23.1 Å². The summed E-state index contributed by atoms with van der Waals surface area (Å²) in [6, 6.07) is 17.5. The zero-order chi connectivity index (χ0) is 22.9. The van der Waals surface area contributed by atoms with Crippen LogP contribution in [0.1, 0.15) is 72.0 Å². The molecule has 0 amide bonds. The Kier molecular flexibility index (Phi) is 6.11. The Morgan fingerprint density at radius 2 is 1.85 bits per heavy atom. The van der Waals surface area contributed by atoms with Crippen LogP contribution >= 0.6 is 12.2 Å². The van der Waals surface area contributed by atoms with Gasteiger partial charge in [0, 0.05) is 30.2 Å². The van der Waals surface area contributed by atoms with E-state index in [2.05, 4.69) is 59.0 Å². The molecule has 0 unspecified atom stereocenters. The van der Waals surface area contributed by atoms with E-state index < -0.39 is 0 Å². The van der Waals surface area contributed by atoms with Gasteiger partial charge in [-0.2, -0.15) is 0 Å². The Hall–Kier alpha value is -2.86. The minimum absolute atomic E-state index is 0.00877. The van der Waals surface area contributed by atoms with E-state index in [1.54, 1.807) is 7.11 Å². The quantitative estimate of drug-likeness (QED) is 0.471. The zero-order valence-corrected chi connectivity index (χ0v) is 20.4. The number of aromatic nitrogens is 2. The SMILES string of the molecule is COc1ccc(CN2C(=S)N[C@H](c3ccccn3)[C@H]2c2cc(C)n(C3CCCC3)c2C)cc1. The first-order chi connectivity index (χ1) is 16.1. The molecule has 1 saturated heterocycles. The van der Waals surface area contributed by atoms with Crippen LogP contribution in [0.4, 0.5) is 0 Å².